The van der Waals surface area contributed by atoms with Gasteiger partial charge in [0.2, 0.25) is 12.7 Å². The summed E-state index contributed by atoms with van der Waals surface area (Å²) in [5.41, 5.74) is 0.877. The van der Waals surface area contributed by atoms with Crippen LogP contribution in [0.3, 0.4) is 0 Å². The van der Waals surface area contributed by atoms with Crippen molar-refractivity contribution in [2.45, 2.75) is 0 Å². The molecule has 9 nitrogen and oxygen atoms in total. The Labute approximate surface area is 152 Å². The molecule has 0 bridgehead atoms. The number of benzene rings is 2. The first-order valence-electron chi connectivity index (χ1n) is 7.88. The standard InChI is InChI=1S/C18H13N3O6/c1-24-17(23)12-5-3-2-4-11(12)15(22)19-18-21-20-16(27-18)10-6-7-13-14(8-10)26-9-25-13/h2-8H,9H2,1H3,(H,19,21,22). The van der Waals surface area contributed by atoms with E-state index in [4.69, 9.17) is 13.9 Å². The Morgan fingerprint density at radius 3 is 2.63 bits per heavy atom. The Hall–Kier alpha value is -3.88. The van der Waals surface area contributed by atoms with Crippen LogP contribution in [0.5, 0.6) is 11.5 Å². The summed E-state index contributed by atoms with van der Waals surface area (Å²) in [5, 5.41) is 10.2. The van der Waals surface area contributed by atoms with E-state index in [0.29, 0.717) is 17.1 Å². The average molecular weight is 367 g/mol. The van der Waals surface area contributed by atoms with Gasteiger partial charge in [0.15, 0.2) is 11.5 Å². The minimum atomic E-state index is -0.618. The van der Waals surface area contributed by atoms with Gasteiger partial charge in [-0.05, 0) is 30.3 Å². The van der Waals surface area contributed by atoms with Gasteiger partial charge in [0.1, 0.15) is 0 Å². The monoisotopic (exact) mass is 367 g/mol. The van der Waals surface area contributed by atoms with Gasteiger partial charge in [-0.15, -0.1) is 5.10 Å². The highest BCUT2D eigenvalue weighted by Crippen LogP contribution is 2.35. The van der Waals surface area contributed by atoms with Crippen LogP contribution in [0.15, 0.2) is 46.9 Å². The molecule has 1 N–H and O–H groups in total. The van der Waals surface area contributed by atoms with E-state index >= 15 is 0 Å². The molecule has 0 spiro atoms. The molecule has 136 valence electrons. The molecule has 4 rings (SSSR count). The van der Waals surface area contributed by atoms with Gasteiger partial charge in [-0.25, -0.2) is 4.79 Å². The number of nitrogens with zero attached hydrogens (tertiary/aromatic N) is 2. The molecule has 27 heavy (non-hydrogen) atoms. The van der Waals surface area contributed by atoms with Crippen LogP contribution in [0.2, 0.25) is 0 Å². The number of carbonyl (C=O) groups is 2. The third-order valence-electron chi connectivity index (χ3n) is 3.84. The molecule has 1 amide bonds. The van der Waals surface area contributed by atoms with E-state index in [1.807, 2.05) is 0 Å². The lowest BCUT2D eigenvalue weighted by Crippen LogP contribution is -2.17. The summed E-state index contributed by atoms with van der Waals surface area (Å²) in [4.78, 5) is 24.3. The van der Waals surface area contributed by atoms with Crippen LogP contribution in [0.1, 0.15) is 20.7 Å². The minimum absolute atomic E-state index is 0.104. The highest BCUT2D eigenvalue weighted by Gasteiger charge is 2.20. The summed E-state index contributed by atoms with van der Waals surface area (Å²) in [5.74, 6) is 0.212. The predicted octanol–water partition coefficient (Wildman–Crippen LogP) is 2.50. The number of hydrogen-bond acceptors (Lipinski definition) is 8. The molecule has 3 aromatic rings. The van der Waals surface area contributed by atoms with E-state index in [-0.39, 0.29) is 29.8 Å². The van der Waals surface area contributed by atoms with E-state index < -0.39 is 11.9 Å². The summed E-state index contributed by atoms with van der Waals surface area (Å²) in [6.07, 6.45) is 0. The molecule has 1 aliphatic heterocycles. The lowest BCUT2D eigenvalue weighted by atomic mass is 10.1. The molecule has 2 heterocycles. The topological polar surface area (TPSA) is 113 Å². The number of hydrogen-bond donors (Lipinski definition) is 1. The Kier molecular flexibility index (Phi) is 4.17. The van der Waals surface area contributed by atoms with E-state index in [0.717, 1.165) is 0 Å². The molecular formula is C18H13N3O6. The molecule has 2 aromatic carbocycles. The van der Waals surface area contributed by atoms with Crippen molar-refractivity contribution in [2.75, 3.05) is 19.2 Å². The second-order valence-corrected chi connectivity index (χ2v) is 5.47. The van der Waals surface area contributed by atoms with Crippen molar-refractivity contribution >= 4 is 17.9 Å². The smallest absolute Gasteiger partial charge is 0.338 e. The number of carbonyl (C=O) groups excluding carboxylic acids is 2. The number of nitrogens with one attached hydrogen (secondary N) is 1. The first kappa shape index (κ1) is 16.6. The molecular weight excluding hydrogens is 354 g/mol. The normalized spacial score (nSPS) is 11.9. The van der Waals surface area contributed by atoms with Gasteiger partial charge >= 0.3 is 12.0 Å². The van der Waals surface area contributed by atoms with Crippen molar-refractivity contribution < 1.29 is 28.2 Å². The quantitative estimate of drug-likeness (QED) is 0.700. The maximum Gasteiger partial charge on any atom is 0.338 e. The Morgan fingerprint density at radius 1 is 1.04 bits per heavy atom. The van der Waals surface area contributed by atoms with Crippen molar-refractivity contribution in [2.24, 2.45) is 0 Å². The van der Waals surface area contributed by atoms with Gasteiger partial charge < -0.3 is 18.6 Å². The van der Waals surface area contributed by atoms with Crippen LogP contribution in [0.4, 0.5) is 6.01 Å². The Balaban J connectivity index is 1.55. The van der Waals surface area contributed by atoms with Gasteiger partial charge in [-0.3, -0.25) is 10.1 Å². The van der Waals surface area contributed by atoms with Crippen molar-refractivity contribution in [1.29, 1.82) is 0 Å². The van der Waals surface area contributed by atoms with Gasteiger partial charge in [0.25, 0.3) is 5.91 Å². The molecule has 0 radical (unpaired) electrons. The Morgan fingerprint density at radius 2 is 1.81 bits per heavy atom. The summed E-state index contributed by atoms with van der Waals surface area (Å²) >= 11 is 0. The number of rotatable bonds is 4. The Bertz CT molecular complexity index is 1030. The van der Waals surface area contributed by atoms with Crippen LogP contribution in [-0.4, -0.2) is 36.0 Å². The SMILES string of the molecule is COC(=O)c1ccccc1C(=O)Nc1nnc(-c2ccc3c(c2)OCO3)o1. The molecule has 0 atom stereocenters. The van der Waals surface area contributed by atoms with Crippen molar-refractivity contribution in [3.63, 3.8) is 0 Å². The summed E-state index contributed by atoms with van der Waals surface area (Å²) in [6, 6.07) is 11.3. The average Bonchev–Trinajstić information content (AvgIpc) is 3.36. The van der Waals surface area contributed by atoms with Gasteiger partial charge in [0, 0.05) is 5.56 Å². The minimum Gasteiger partial charge on any atom is -0.465 e. The molecule has 9 heteroatoms. The van der Waals surface area contributed by atoms with E-state index in [2.05, 4.69) is 20.3 Å². The number of fused-ring (bicyclic) bond motifs is 1. The first-order chi connectivity index (χ1) is 13.2. The van der Waals surface area contributed by atoms with E-state index in [9.17, 15) is 9.59 Å². The molecule has 0 saturated heterocycles. The maximum absolute atomic E-state index is 12.5. The zero-order valence-electron chi connectivity index (χ0n) is 14.1. The number of esters is 1. The summed E-state index contributed by atoms with van der Waals surface area (Å²) < 4.78 is 20.7. The molecule has 0 aliphatic carbocycles. The number of anilines is 1. The van der Waals surface area contributed by atoms with E-state index in [1.165, 1.54) is 19.2 Å². The second-order valence-electron chi connectivity index (χ2n) is 5.47. The number of aromatic nitrogens is 2. The molecule has 1 aliphatic rings. The largest absolute Gasteiger partial charge is 0.465 e. The fourth-order valence-electron chi connectivity index (χ4n) is 2.55. The highest BCUT2D eigenvalue weighted by atomic mass is 16.7. The number of amides is 1. The van der Waals surface area contributed by atoms with Crippen LogP contribution in [0.25, 0.3) is 11.5 Å². The highest BCUT2D eigenvalue weighted by molar-refractivity contribution is 6.10. The predicted molar refractivity (Wildman–Crippen MR) is 91.6 cm³/mol. The zero-order valence-corrected chi connectivity index (χ0v) is 14.1. The van der Waals surface area contributed by atoms with E-state index in [1.54, 1.807) is 30.3 Å². The van der Waals surface area contributed by atoms with Gasteiger partial charge in [-0.2, -0.15) is 0 Å². The molecule has 1 aromatic heterocycles. The van der Waals surface area contributed by atoms with Crippen LogP contribution in [-0.2, 0) is 4.74 Å². The fourth-order valence-corrected chi connectivity index (χ4v) is 2.55. The van der Waals surface area contributed by atoms with Gasteiger partial charge in [0.05, 0.1) is 18.2 Å². The molecule has 0 fully saturated rings. The first-order valence-corrected chi connectivity index (χ1v) is 7.88. The molecule has 0 unspecified atom stereocenters. The lowest BCUT2D eigenvalue weighted by Gasteiger charge is -2.06. The lowest BCUT2D eigenvalue weighted by molar-refractivity contribution is 0.0597. The second kappa shape index (κ2) is 6.79. The number of ether oxygens (including phenoxy) is 3. The summed E-state index contributed by atoms with van der Waals surface area (Å²) in [6.45, 7) is 0.156. The van der Waals surface area contributed by atoms with Crippen molar-refractivity contribution in [1.82, 2.24) is 10.2 Å². The third-order valence-corrected chi connectivity index (χ3v) is 3.84. The van der Waals surface area contributed by atoms with Crippen LogP contribution < -0.4 is 14.8 Å². The van der Waals surface area contributed by atoms with Crippen LogP contribution >= 0.6 is 0 Å². The van der Waals surface area contributed by atoms with Crippen molar-refractivity contribution in [3.8, 4) is 23.0 Å². The van der Waals surface area contributed by atoms with Crippen LogP contribution in [0, 0.1) is 0 Å². The zero-order chi connectivity index (χ0) is 18.8. The number of methoxy groups -OCH3 is 1. The fraction of sp³-hybridized carbons (Fsp3) is 0.111. The van der Waals surface area contributed by atoms with Gasteiger partial charge in [-0.1, -0.05) is 17.2 Å². The maximum atomic E-state index is 12.5. The third kappa shape index (κ3) is 3.17. The van der Waals surface area contributed by atoms with Crippen molar-refractivity contribution in [3.05, 3.63) is 53.6 Å². The summed E-state index contributed by atoms with van der Waals surface area (Å²) in [7, 11) is 1.24. The molecule has 0 saturated carbocycles.